The molecule has 5 rings (SSSR count). The lowest BCUT2D eigenvalue weighted by molar-refractivity contribution is -0.384. The van der Waals surface area contributed by atoms with E-state index in [0.29, 0.717) is 25.2 Å². The molecule has 0 saturated carbocycles. The summed E-state index contributed by atoms with van der Waals surface area (Å²) in [4.78, 5) is 53.4. The van der Waals surface area contributed by atoms with E-state index in [2.05, 4.69) is 15.5 Å². The predicted octanol–water partition coefficient (Wildman–Crippen LogP) is 1.82. The number of imide groups is 2. The Morgan fingerprint density at radius 2 is 1.76 bits per heavy atom. The molecule has 1 spiro atoms. The third-order valence-electron chi connectivity index (χ3n) is 7.18. The first-order valence-corrected chi connectivity index (χ1v) is 10.7. The van der Waals surface area contributed by atoms with Crippen LogP contribution in [0.4, 0.5) is 21.9 Å². The molecule has 2 aromatic rings. The predicted molar refractivity (Wildman–Crippen MR) is 120 cm³/mol. The summed E-state index contributed by atoms with van der Waals surface area (Å²) in [6.45, 7) is 5.62. The number of carbonyl (C=O) groups is 3. The van der Waals surface area contributed by atoms with Crippen LogP contribution in [0.1, 0.15) is 16.7 Å². The van der Waals surface area contributed by atoms with Gasteiger partial charge in [0.1, 0.15) is 0 Å². The van der Waals surface area contributed by atoms with E-state index in [4.69, 9.17) is 0 Å². The molecule has 2 saturated heterocycles. The molecule has 2 N–H and O–H groups in total. The van der Waals surface area contributed by atoms with Crippen LogP contribution in [0.15, 0.2) is 36.4 Å². The quantitative estimate of drug-likeness (QED) is 0.407. The lowest BCUT2D eigenvalue weighted by atomic mass is 9.68. The molecule has 3 aliphatic heterocycles. The average molecular weight is 449 g/mol. The van der Waals surface area contributed by atoms with Crippen molar-refractivity contribution in [2.24, 2.45) is 5.41 Å². The molecule has 0 bridgehead atoms. The van der Waals surface area contributed by atoms with Crippen molar-refractivity contribution in [2.45, 2.75) is 26.3 Å². The van der Waals surface area contributed by atoms with Crippen molar-refractivity contribution in [3.8, 4) is 0 Å². The number of nitro benzene ring substituents is 1. The second-order valence-corrected chi connectivity index (χ2v) is 8.83. The van der Waals surface area contributed by atoms with Crippen LogP contribution in [0.3, 0.4) is 0 Å². The number of carbonyl (C=O) groups excluding carboxylic acids is 3. The van der Waals surface area contributed by atoms with Crippen LogP contribution in [0.5, 0.6) is 0 Å². The maximum Gasteiger partial charge on any atom is 0.328 e. The van der Waals surface area contributed by atoms with Crippen molar-refractivity contribution < 1.29 is 19.3 Å². The van der Waals surface area contributed by atoms with E-state index in [1.807, 2.05) is 36.9 Å². The standard InChI is InChI=1S/C23H23N5O5/c1-13-4-3-5-17(14(13)2)26-8-9-27-18-7-6-16(28(32)33)10-15(18)11-23(19(27)12-26)20(29)24-22(31)25-21(23)30/h3-7,10,19H,8-9,11-12H2,1-2H3,(H2,24,25,29,30,31). The van der Waals surface area contributed by atoms with Gasteiger partial charge in [0.05, 0.1) is 11.0 Å². The number of aryl methyl sites for hydroxylation is 1. The highest BCUT2D eigenvalue weighted by Gasteiger charge is 2.61. The third-order valence-corrected chi connectivity index (χ3v) is 7.18. The van der Waals surface area contributed by atoms with E-state index < -0.39 is 34.2 Å². The number of hydrogen-bond acceptors (Lipinski definition) is 7. The minimum atomic E-state index is -1.59. The number of rotatable bonds is 2. The highest BCUT2D eigenvalue weighted by atomic mass is 16.6. The van der Waals surface area contributed by atoms with Gasteiger partial charge < -0.3 is 9.80 Å². The monoisotopic (exact) mass is 449 g/mol. The second-order valence-electron chi connectivity index (χ2n) is 8.83. The molecule has 3 heterocycles. The van der Waals surface area contributed by atoms with Crippen molar-refractivity contribution >= 4 is 34.9 Å². The number of benzene rings is 2. The first kappa shape index (κ1) is 20.9. The van der Waals surface area contributed by atoms with Crippen molar-refractivity contribution in [2.75, 3.05) is 29.4 Å². The minimum Gasteiger partial charge on any atom is -0.367 e. The van der Waals surface area contributed by atoms with Crippen LogP contribution in [-0.2, 0) is 16.0 Å². The van der Waals surface area contributed by atoms with Gasteiger partial charge in [-0.2, -0.15) is 0 Å². The summed E-state index contributed by atoms with van der Waals surface area (Å²) in [5, 5.41) is 15.9. The number of urea groups is 1. The molecule has 1 unspecified atom stereocenters. The van der Waals surface area contributed by atoms with Gasteiger partial charge in [0.2, 0.25) is 11.8 Å². The molecule has 10 nitrogen and oxygen atoms in total. The van der Waals surface area contributed by atoms with Crippen LogP contribution in [-0.4, -0.2) is 48.4 Å². The van der Waals surface area contributed by atoms with E-state index in [-0.39, 0.29) is 12.1 Å². The number of hydrogen-bond donors (Lipinski definition) is 2. The van der Waals surface area contributed by atoms with Gasteiger partial charge in [-0.3, -0.25) is 30.3 Å². The van der Waals surface area contributed by atoms with E-state index in [1.54, 1.807) is 6.07 Å². The molecule has 10 heteroatoms. The Morgan fingerprint density at radius 1 is 1.03 bits per heavy atom. The Labute approximate surface area is 189 Å². The zero-order chi connectivity index (χ0) is 23.5. The summed E-state index contributed by atoms with van der Waals surface area (Å²) < 4.78 is 0. The number of non-ortho nitro benzene ring substituents is 1. The van der Waals surface area contributed by atoms with Crippen LogP contribution in [0.25, 0.3) is 0 Å². The molecule has 4 amide bonds. The Balaban J connectivity index is 1.63. The number of piperazine rings is 1. The summed E-state index contributed by atoms with van der Waals surface area (Å²) in [6.07, 6.45) is -0.0310. The van der Waals surface area contributed by atoms with Crippen molar-refractivity contribution in [3.05, 3.63) is 63.2 Å². The average Bonchev–Trinajstić information content (AvgIpc) is 2.78. The number of nitrogens with zero attached hydrogens (tertiary/aromatic N) is 3. The Morgan fingerprint density at radius 3 is 2.45 bits per heavy atom. The van der Waals surface area contributed by atoms with Gasteiger partial charge in [-0.05, 0) is 42.7 Å². The fraction of sp³-hybridized carbons (Fsp3) is 0.348. The number of nitro groups is 1. The summed E-state index contributed by atoms with van der Waals surface area (Å²) in [5.41, 5.74) is 2.92. The fourth-order valence-corrected chi connectivity index (χ4v) is 5.34. The Kier molecular flexibility index (Phi) is 4.62. The highest BCUT2D eigenvalue weighted by molar-refractivity contribution is 6.20. The van der Waals surface area contributed by atoms with Gasteiger partial charge in [0.15, 0.2) is 5.41 Å². The van der Waals surface area contributed by atoms with Crippen LogP contribution < -0.4 is 20.4 Å². The number of anilines is 2. The van der Waals surface area contributed by atoms with E-state index in [1.165, 1.54) is 12.1 Å². The number of nitrogens with one attached hydrogen (secondary N) is 2. The summed E-state index contributed by atoms with van der Waals surface area (Å²) in [6, 6.07) is 9.17. The zero-order valence-electron chi connectivity index (χ0n) is 18.3. The Bertz CT molecular complexity index is 1210. The van der Waals surface area contributed by atoms with E-state index in [0.717, 1.165) is 22.5 Å². The molecule has 170 valence electrons. The first-order chi connectivity index (χ1) is 15.7. The smallest absolute Gasteiger partial charge is 0.328 e. The highest BCUT2D eigenvalue weighted by Crippen LogP contribution is 2.46. The van der Waals surface area contributed by atoms with Crippen molar-refractivity contribution in [1.82, 2.24) is 10.6 Å². The largest absolute Gasteiger partial charge is 0.367 e. The molecule has 33 heavy (non-hydrogen) atoms. The van der Waals surface area contributed by atoms with Crippen LogP contribution in [0.2, 0.25) is 0 Å². The van der Waals surface area contributed by atoms with Crippen LogP contribution >= 0.6 is 0 Å². The lowest BCUT2D eigenvalue weighted by Gasteiger charge is -2.54. The molecule has 0 aromatic heterocycles. The maximum absolute atomic E-state index is 13.3. The van der Waals surface area contributed by atoms with Gasteiger partial charge in [-0.25, -0.2) is 4.79 Å². The number of fused-ring (bicyclic) bond motifs is 4. The summed E-state index contributed by atoms with van der Waals surface area (Å²) in [7, 11) is 0. The molecule has 0 radical (unpaired) electrons. The Hall–Kier alpha value is -3.95. The van der Waals surface area contributed by atoms with Gasteiger partial charge in [-0.1, -0.05) is 12.1 Å². The number of amides is 4. The minimum absolute atomic E-state index is 0.0310. The lowest BCUT2D eigenvalue weighted by Crippen LogP contribution is -2.74. The normalized spacial score (nSPS) is 21.3. The van der Waals surface area contributed by atoms with Gasteiger partial charge in [-0.15, -0.1) is 0 Å². The second kappa shape index (κ2) is 7.29. The van der Waals surface area contributed by atoms with E-state index in [9.17, 15) is 24.5 Å². The summed E-state index contributed by atoms with van der Waals surface area (Å²) >= 11 is 0. The number of barbiturate groups is 1. The summed E-state index contributed by atoms with van der Waals surface area (Å²) in [5.74, 6) is -1.35. The molecule has 1 atom stereocenters. The molecular weight excluding hydrogens is 426 g/mol. The van der Waals surface area contributed by atoms with Gasteiger partial charge in [0, 0.05) is 49.6 Å². The topological polar surface area (TPSA) is 125 Å². The third kappa shape index (κ3) is 3.05. The maximum atomic E-state index is 13.3. The molecular formula is C23H23N5O5. The SMILES string of the molecule is Cc1cccc(N2CCN3c4ccc([N+](=O)[O-])cc4CC4(C(=O)NC(=O)NC4=O)C3C2)c1C. The van der Waals surface area contributed by atoms with Gasteiger partial charge >= 0.3 is 6.03 Å². The van der Waals surface area contributed by atoms with Gasteiger partial charge in [0.25, 0.3) is 5.69 Å². The van der Waals surface area contributed by atoms with Crippen LogP contribution in [0, 0.1) is 29.4 Å². The first-order valence-electron chi connectivity index (χ1n) is 10.7. The van der Waals surface area contributed by atoms with Crippen molar-refractivity contribution in [3.63, 3.8) is 0 Å². The molecule has 3 aliphatic rings. The molecule has 2 fully saturated rings. The zero-order valence-corrected chi connectivity index (χ0v) is 18.3. The van der Waals surface area contributed by atoms with Crippen molar-refractivity contribution in [1.29, 1.82) is 0 Å². The fourth-order valence-electron chi connectivity index (χ4n) is 5.34. The van der Waals surface area contributed by atoms with E-state index >= 15 is 0 Å². The molecule has 0 aliphatic carbocycles. The molecule has 2 aromatic carbocycles.